The molecule has 0 spiro atoms. The maximum atomic E-state index is 13.8. The summed E-state index contributed by atoms with van der Waals surface area (Å²) in [5, 5.41) is 2.32. The predicted molar refractivity (Wildman–Crippen MR) is 125 cm³/mol. The molecule has 4 nitrogen and oxygen atoms in total. The highest BCUT2D eigenvalue weighted by molar-refractivity contribution is 6.69. The minimum atomic E-state index is -2.10. The van der Waals surface area contributed by atoms with Crippen molar-refractivity contribution in [2.45, 2.75) is 25.7 Å². The fourth-order valence-corrected chi connectivity index (χ4v) is 4.07. The van der Waals surface area contributed by atoms with Crippen molar-refractivity contribution in [3.05, 3.63) is 95.0 Å². The molecule has 30 heavy (non-hydrogen) atoms. The third-order valence-electron chi connectivity index (χ3n) is 4.42. The second-order valence-corrected chi connectivity index (χ2v) is 12.7. The van der Waals surface area contributed by atoms with Gasteiger partial charge in [-0.05, 0) is 49.5 Å². The van der Waals surface area contributed by atoms with Crippen molar-refractivity contribution in [2.75, 3.05) is 12.2 Å². The first-order valence-electron chi connectivity index (χ1n) is 9.76. The maximum absolute atomic E-state index is 13.8. The largest absolute Gasteiger partial charge is 0.494 e. The summed E-state index contributed by atoms with van der Waals surface area (Å²) < 4.78 is 12.1. The van der Waals surface area contributed by atoms with E-state index < -0.39 is 14.4 Å². The molecule has 3 aromatic rings. The highest BCUT2D eigenvalue weighted by Gasteiger charge is 2.34. The van der Waals surface area contributed by atoms with Crippen LogP contribution >= 0.6 is 11.6 Å². The van der Waals surface area contributed by atoms with Gasteiger partial charge < -0.3 is 9.26 Å². The summed E-state index contributed by atoms with van der Waals surface area (Å²) in [6, 6.07) is 23.4. The molecular formula is C24H26ClNO3Si. The molecule has 3 aromatic carbocycles. The van der Waals surface area contributed by atoms with Gasteiger partial charge in [0.1, 0.15) is 17.5 Å². The number of Topliss-reactive ketones (excluding diaryl/α,β-unsaturated/α-hetero) is 1. The molecule has 0 bridgehead atoms. The maximum Gasteiger partial charge on any atom is 0.220 e. The van der Waals surface area contributed by atoms with Crippen LogP contribution in [0.2, 0.25) is 24.7 Å². The number of para-hydroxylation sites is 2. The van der Waals surface area contributed by atoms with Gasteiger partial charge in [-0.1, -0.05) is 66.2 Å². The van der Waals surface area contributed by atoms with E-state index >= 15 is 0 Å². The zero-order chi connectivity index (χ0) is 21.7. The number of anilines is 1. The molecule has 0 saturated carbocycles. The van der Waals surface area contributed by atoms with Gasteiger partial charge in [0.2, 0.25) is 8.32 Å². The summed E-state index contributed by atoms with van der Waals surface area (Å²) >= 11 is 6.12. The van der Waals surface area contributed by atoms with Gasteiger partial charge in [-0.2, -0.15) is 0 Å². The summed E-state index contributed by atoms with van der Waals surface area (Å²) in [4.78, 5) is 13.8. The first-order valence-corrected chi connectivity index (χ1v) is 13.5. The van der Waals surface area contributed by atoms with Crippen LogP contribution in [0.1, 0.15) is 22.0 Å². The monoisotopic (exact) mass is 439 g/mol. The van der Waals surface area contributed by atoms with Crippen molar-refractivity contribution >= 4 is 31.4 Å². The van der Waals surface area contributed by atoms with Crippen LogP contribution in [0.15, 0.2) is 78.9 Å². The minimum absolute atomic E-state index is 0.0675. The van der Waals surface area contributed by atoms with Gasteiger partial charge in [0.25, 0.3) is 0 Å². The van der Waals surface area contributed by atoms with Gasteiger partial charge in [0, 0.05) is 10.6 Å². The first-order chi connectivity index (χ1) is 14.3. The number of hydrogen-bond acceptors (Lipinski definition) is 4. The molecule has 0 aromatic heterocycles. The molecule has 3 rings (SSSR count). The number of hydroxylamine groups is 1. The van der Waals surface area contributed by atoms with Crippen LogP contribution in [0.4, 0.5) is 5.69 Å². The van der Waals surface area contributed by atoms with Gasteiger partial charge >= 0.3 is 0 Å². The summed E-state index contributed by atoms with van der Waals surface area (Å²) in [6.45, 7) is 6.25. The smallest absolute Gasteiger partial charge is 0.220 e. The fourth-order valence-electron chi connectivity index (χ4n) is 3.15. The Bertz CT molecular complexity index is 987. The van der Waals surface area contributed by atoms with Crippen molar-refractivity contribution < 1.29 is 14.1 Å². The molecule has 0 amide bonds. The molecule has 1 unspecified atom stereocenters. The molecule has 0 heterocycles. The number of benzene rings is 3. The van der Waals surface area contributed by atoms with E-state index in [0.29, 0.717) is 22.0 Å². The van der Waals surface area contributed by atoms with Crippen molar-refractivity contribution in [1.29, 1.82) is 0 Å². The number of carbonyl (C=O) groups excluding carboxylic acids is 1. The number of carbonyl (C=O) groups is 1. The normalized spacial score (nSPS) is 12.3. The van der Waals surface area contributed by atoms with Gasteiger partial charge in [0.05, 0.1) is 7.11 Å². The van der Waals surface area contributed by atoms with E-state index in [4.69, 9.17) is 20.9 Å². The zero-order valence-electron chi connectivity index (χ0n) is 17.6. The minimum Gasteiger partial charge on any atom is -0.494 e. The van der Waals surface area contributed by atoms with E-state index in [2.05, 4.69) is 19.6 Å². The van der Waals surface area contributed by atoms with Crippen LogP contribution in [0.5, 0.6) is 5.75 Å². The van der Waals surface area contributed by atoms with Crippen LogP contribution in [0.25, 0.3) is 0 Å². The number of hydrogen-bond donors (Lipinski definition) is 0. The van der Waals surface area contributed by atoms with Crippen LogP contribution in [0, 0.1) is 0 Å². The Hall–Kier alpha value is -2.60. The molecule has 0 aliphatic heterocycles. The summed E-state index contributed by atoms with van der Waals surface area (Å²) in [6.07, 6.45) is 0. The quantitative estimate of drug-likeness (QED) is 0.227. The van der Waals surface area contributed by atoms with E-state index in [1.165, 1.54) is 0 Å². The van der Waals surface area contributed by atoms with Gasteiger partial charge in [-0.15, -0.1) is 0 Å². The average Bonchev–Trinajstić information content (AvgIpc) is 2.74. The van der Waals surface area contributed by atoms with E-state index in [1.54, 1.807) is 24.3 Å². The molecule has 0 fully saturated rings. The topological polar surface area (TPSA) is 38.8 Å². The number of rotatable bonds is 8. The molecule has 0 N–H and O–H groups in total. The number of nitrogens with zero attached hydrogens (tertiary/aromatic N) is 1. The second kappa shape index (κ2) is 9.47. The highest BCUT2D eigenvalue weighted by atomic mass is 35.5. The third-order valence-corrected chi connectivity index (χ3v) is 5.42. The lowest BCUT2D eigenvalue weighted by molar-refractivity contribution is 0.0905. The Kier molecular flexibility index (Phi) is 6.97. The van der Waals surface area contributed by atoms with Gasteiger partial charge in [-0.25, -0.2) is 5.06 Å². The summed E-state index contributed by atoms with van der Waals surface area (Å²) in [5.74, 6) is 0.567. The average molecular weight is 440 g/mol. The molecule has 0 aliphatic rings. The Labute approximate surface area is 184 Å². The fraction of sp³-hybridized carbons (Fsp3) is 0.208. The summed E-state index contributed by atoms with van der Waals surface area (Å²) in [7, 11) is -0.487. The molecule has 0 saturated heterocycles. The number of ketones is 1. The van der Waals surface area contributed by atoms with Crippen molar-refractivity contribution in [3.63, 3.8) is 0 Å². The summed E-state index contributed by atoms with van der Waals surface area (Å²) in [5.41, 5.74) is 2.10. The van der Waals surface area contributed by atoms with Crippen molar-refractivity contribution in [3.8, 4) is 5.75 Å². The Morgan fingerprint density at radius 3 is 2.10 bits per heavy atom. The Morgan fingerprint density at radius 1 is 0.900 bits per heavy atom. The van der Waals surface area contributed by atoms with E-state index in [1.807, 2.05) is 66.7 Å². The van der Waals surface area contributed by atoms with Gasteiger partial charge in [0.15, 0.2) is 5.78 Å². The number of methoxy groups -OCH3 is 1. The standard InChI is InChI=1S/C24H26ClNO3Si/c1-28-22-13-9-8-12-21(22)26(29-30(2,3)4)23(18-14-16-20(25)17-15-18)24(27)19-10-6-5-7-11-19/h5-17,23H,1-4H3. The van der Waals surface area contributed by atoms with Crippen LogP contribution in [0.3, 0.4) is 0 Å². The highest BCUT2D eigenvalue weighted by Crippen LogP contribution is 2.38. The lowest BCUT2D eigenvalue weighted by Crippen LogP contribution is -2.42. The molecule has 6 heteroatoms. The number of halogens is 1. The molecular weight excluding hydrogens is 414 g/mol. The zero-order valence-corrected chi connectivity index (χ0v) is 19.4. The number of ether oxygens (including phenoxy) is 1. The van der Waals surface area contributed by atoms with Crippen LogP contribution in [-0.4, -0.2) is 21.2 Å². The van der Waals surface area contributed by atoms with E-state index in [-0.39, 0.29) is 5.78 Å². The van der Waals surface area contributed by atoms with Gasteiger partial charge in [-0.3, -0.25) is 4.79 Å². The second-order valence-electron chi connectivity index (χ2n) is 7.89. The Balaban J connectivity index is 2.20. The SMILES string of the molecule is COc1ccccc1N(O[Si](C)(C)C)C(C(=O)c1ccccc1)c1ccc(Cl)cc1. The van der Waals surface area contributed by atoms with E-state index in [9.17, 15) is 4.79 Å². The first kappa shape index (κ1) is 22.1. The van der Waals surface area contributed by atoms with E-state index in [0.717, 1.165) is 5.56 Å². The molecule has 1 atom stereocenters. The molecule has 0 radical (unpaired) electrons. The molecule has 0 aliphatic carbocycles. The van der Waals surface area contributed by atoms with Crippen LogP contribution in [-0.2, 0) is 4.53 Å². The molecule has 156 valence electrons. The van der Waals surface area contributed by atoms with Crippen LogP contribution < -0.4 is 9.80 Å². The lowest BCUT2D eigenvalue weighted by Gasteiger charge is -2.37. The third kappa shape index (κ3) is 5.30. The van der Waals surface area contributed by atoms with Crippen molar-refractivity contribution in [1.82, 2.24) is 0 Å². The predicted octanol–water partition coefficient (Wildman–Crippen LogP) is 6.55. The Morgan fingerprint density at radius 2 is 1.50 bits per heavy atom. The lowest BCUT2D eigenvalue weighted by atomic mass is 9.96. The van der Waals surface area contributed by atoms with Crippen molar-refractivity contribution in [2.24, 2.45) is 0 Å².